The molecule has 0 saturated carbocycles. The van der Waals surface area contributed by atoms with E-state index in [0.29, 0.717) is 15.7 Å². The normalized spacial score (nSPS) is 21.4. The van der Waals surface area contributed by atoms with Crippen LogP contribution in [0.5, 0.6) is 0 Å². The molecule has 9 nitrogen and oxygen atoms in total. The minimum atomic E-state index is -4.77. The average molecular weight is 626 g/mol. The fourth-order valence-electron chi connectivity index (χ4n) is 5.00. The standard InChI is InChI=1S/C28H27ClF3N3O6S/c1-16(28(30,31)32)33-15-35(23-17-7-5-8-20(29)19(17)14-42-22-9-4-3-6-18(22)23)34-11-10-21(36)25(24(34)26(33)37)41-27(38)40-13-12-39-2/h3-11,16,21,23,36H,12-15H2,1-2H3/t16-,21?,23+/m1/s1. The molecule has 3 aliphatic rings. The summed E-state index contributed by atoms with van der Waals surface area (Å²) in [4.78, 5) is 27.7. The number of halogens is 4. The van der Waals surface area contributed by atoms with Gasteiger partial charge in [0.1, 0.15) is 18.8 Å². The third kappa shape index (κ3) is 5.71. The number of carbonyl (C=O) groups excluding carboxylic acids is 2. The van der Waals surface area contributed by atoms with Crippen LogP contribution in [0.1, 0.15) is 29.7 Å². The van der Waals surface area contributed by atoms with Gasteiger partial charge in [0.05, 0.1) is 19.3 Å². The summed E-state index contributed by atoms with van der Waals surface area (Å²) < 4.78 is 57.4. The zero-order chi connectivity index (χ0) is 30.2. The lowest BCUT2D eigenvalue weighted by Gasteiger charge is -2.50. The number of hydrogen-bond donors (Lipinski definition) is 1. The number of alkyl halides is 3. The maximum Gasteiger partial charge on any atom is 0.513 e. The summed E-state index contributed by atoms with van der Waals surface area (Å²) in [6.07, 6.45) is -5.00. The van der Waals surface area contributed by atoms with Crippen molar-refractivity contribution in [2.24, 2.45) is 0 Å². The average Bonchev–Trinajstić information content (AvgIpc) is 3.12. The van der Waals surface area contributed by atoms with E-state index in [1.165, 1.54) is 36.2 Å². The first-order valence-corrected chi connectivity index (χ1v) is 14.3. The van der Waals surface area contributed by atoms with Crippen LogP contribution in [0.4, 0.5) is 18.0 Å². The molecule has 1 amide bonds. The minimum absolute atomic E-state index is 0.0558. The molecule has 14 heteroatoms. The van der Waals surface area contributed by atoms with Gasteiger partial charge in [-0.2, -0.15) is 18.2 Å². The number of ether oxygens (including phenoxy) is 3. The predicted octanol–water partition coefficient (Wildman–Crippen LogP) is 5.20. The number of aliphatic hydroxyl groups excluding tert-OH is 1. The zero-order valence-electron chi connectivity index (χ0n) is 22.5. The molecule has 0 bridgehead atoms. The highest BCUT2D eigenvalue weighted by atomic mass is 35.5. The molecule has 3 aliphatic heterocycles. The second kappa shape index (κ2) is 12.2. The molecule has 224 valence electrons. The summed E-state index contributed by atoms with van der Waals surface area (Å²) in [5, 5.41) is 14.2. The van der Waals surface area contributed by atoms with Crippen molar-refractivity contribution in [2.45, 2.75) is 41.9 Å². The van der Waals surface area contributed by atoms with Gasteiger partial charge in [0, 0.05) is 29.0 Å². The molecule has 0 spiro atoms. The molecule has 0 radical (unpaired) electrons. The molecule has 5 rings (SSSR count). The summed E-state index contributed by atoms with van der Waals surface area (Å²) in [5.41, 5.74) is 1.85. The summed E-state index contributed by atoms with van der Waals surface area (Å²) in [6.45, 7) is 0.270. The van der Waals surface area contributed by atoms with Crippen LogP contribution in [0.25, 0.3) is 0 Å². The van der Waals surface area contributed by atoms with Crippen molar-refractivity contribution >= 4 is 35.4 Å². The van der Waals surface area contributed by atoms with E-state index in [-0.39, 0.29) is 13.2 Å². The Morgan fingerprint density at radius 3 is 2.64 bits per heavy atom. The predicted molar refractivity (Wildman–Crippen MR) is 147 cm³/mol. The number of hydrazine groups is 1. The van der Waals surface area contributed by atoms with Gasteiger partial charge >= 0.3 is 12.3 Å². The number of aliphatic hydroxyl groups is 1. The van der Waals surface area contributed by atoms with Gasteiger partial charge in [-0.3, -0.25) is 9.80 Å². The number of carbonyl (C=O) groups is 2. The van der Waals surface area contributed by atoms with E-state index in [4.69, 9.17) is 25.8 Å². The highest BCUT2D eigenvalue weighted by Gasteiger charge is 2.51. The molecule has 2 aromatic carbocycles. The number of benzene rings is 2. The Hall–Kier alpha value is -3.23. The highest BCUT2D eigenvalue weighted by molar-refractivity contribution is 7.98. The molecule has 0 aromatic heterocycles. The van der Waals surface area contributed by atoms with Gasteiger partial charge in [0.2, 0.25) is 0 Å². The first kappa shape index (κ1) is 30.2. The number of hydrogen-bond acceptors (Lipinski definition) is 9. The number of methoxy groups -OCH3 is 1. The van der Waals surface area contributed by atoms with Gasteiger partial charge in [-0.05, 0) is 41.8 Å². The van der Waals surface area contributed by atoms with Crippen molar-refractivity contribution in [3.63, 3.8) is 0 Å². The van der Waals surface area contributed by atoms with Crippen LogP contribution in [-0.4, -0.2) is 77.4 Å². The lowest BCUT2D eigenvalue weighted by Crippen LogP contribution is -2.62. The van der Waals surface area contributed by atoms with Crippen LogP contribution in [0, 0.1) is 0 Å². The molecule has 42 heavy (non-hydrogen) atoms. The monoisotopic (exact) mass is 625 g/mol. The van der Waals surface area contributed by atoms with Gasteiger partial charge in [0.25, 0.3) is 5.91 Å². The van der Waals surface area contributed by atoms with Crippen molar-refractivity contribution in [1.82, 2.24) is 14.9 Å². The van der Waals surface area contributed by atoms with E-state index >= 15 is 0 Å². The summed E-state index contributed by atoms with van der Waals surface area (Å²) in [6, 6.07) is 9.89. The van der Waals surface area contributed by atoms with Crippen molar-refractivity contribution in [3.05, 3.63) is 87.9 Å². The molecule has 0 aliphatic carbocycles. The first-order valence-electron chi connectivity index (χ1n) is 12.9. The van der Waals surface area contributed by atoms with Gasteiger partial charge in [-0.25, -0.2) is 4.79 Å². The number of amides is 1. The number of fused-ring (bicyclic) bond motifs is 3. The van der Waals surface area contributed by atoms with Crippen LogP contribution < -0.4 is 0 Å². The van der Waals surface area contributed by atoms with Crippen molar-refractivity contribution in [2.75, 3.05) is 27.0 Å². The van der Waals surface area contributed by atoms with Crippen LogP contribution in [0.2, 0.25) is 5.02 Å². The van der Waals surface area contributed by atoms with Crippen LogP contribution in [0.3, 0.4) is 0 Å². The van der Waals surface area contributed by atoms with Gasteiger partial charge in [-0.15, -0.1) is 11.8 Å². The second-order valence-corrected chi connectivity index (χ2v) is 11.1. The Morgan fingerprint density at radius 2 is 1.90 bits per heavy atom. The first-order chi connectivity index (χ1) is 20.0. The van der Waals surface area contributed by atoms with Gasteiger partial charge < -0.3 is 24.2 Å². The Bertz CT molecular complexity index is 1440. The van der Waals surface area contributed by atoms with E-state index in [2.05, 4.69) is 0 Å². The molecular formula is C28H27ClF3N3O6S. The smallest absolute Gasteiger partial charge is 0.432 e. The van der Waals surface area contributed by atoms with E-state index in [1.54, 1.807) is 17.1 Å². The van der Waals surface area contributed by atoms with E-state index < -0.39 is 54.6 Å². The third-order valence-electron chi connectivity index (χ3n) is 7.15. The third-order valence-corrected chi connectivity index (χ3v) is 8.62. The van der Waals surface area contributed by atoms with Crippen molar-refractivity contribution in [1.29, 1.82) is 0 Å². The Labute approximate surface area is 249 Å². The fourth-order valence-corrected chi connectivity index (χ4v) is 6.47. The highest BCUT2D eigenvalue weighted by Crippen LogP contribution is 2.47. The second-order valence-electron chi connectivity index (χ2n) is 9.65. The van der Waals surface area contributed by atoms with E-state index in [9.17, 15) is 27.9 Å². The van der Waals surface area contributed by atoms with E-state index in [0.717, 1.165) is 28.5 Å². The maximum absolute atomic E-state index is 14.1. The molecule has 1 fully saturated rings. The van der Waals surface area contributed by atoms with Crippen LogP contribution >= 0.6 is 23.4 Å². The lowest BCUT2D eigenvalue weighted by molar-refractivity contribution is -0.204. The van der Waals surface area contributed by atoms with Gasteiger partial charge in [-0.1, -0.05) is 41.9 Å². The Balaban J connectivity index is 1.68. The summed E-state index contributed by atoms with van der Waals surface area (Å²) >= 11 is 8.16. The molecule has 1 saturated heterocycles. The lowest BCUT2D eigenvalue weighted by atomic mass is 9.94. The topological polar surface area (TPSA) is 91.8 Å². The number of thioether (sulfide) groups is 1. The quantitative estimate of drug-likeness (QED) is 0.343. The van der Waals surface area contributed by atoms with E-state index in [1.807, 2.05) is 30.3 Å². The largest absolute Gasteiger partial charge is 0.513 e. The van der Waals surface area contributed by atoms with Gasteiger partial charge in [0.15, 0.2) is 11.5 Å². The number of rotatable bonds is 6. The summed E-state index contributed by atoms with van der Waals surface area (Å²) in [5.74, 6) is -1.13. The molecule has 2 aromatic rings. The summed E-state index contributed by atoms with van der Waals surface area (Å²) in [7, 11) is 1.40. The van der Waals surface area contributed by atoms with Crippen molar-refractivity contribution < 1.29 is 42.1 Å². The molecule has 1 unspecified atom stereocenters. The molecule has 3 heterocycles. The fraction of sp³-hybridized carbons (Fsp3) is 0.357. The minimum Gasteiger partial charge on any atom is -0.432 e. The molecular weight excluding hydrogens is 599 g/mol. The molecule has 1 N–H and O–H groups in total. The van der Waals surface area contributed by atoms with Crippen LogP contribution in [0.15, 0.2) is 71.1 Å². The number of nitrogens with zero attached hydrogens (tertiary/aromatic N) is 3. The Morgan fingerprint density at radius 1 is 1.17 bits per heavy atom. The maximum atomic E-state index is 14.1. The van der Waals surface area contributed by atoms with Crippen LogP contribution in [-0.2, 0) is 24.8 Å². The van der Waals surface area contributed by atoms with Crippen molar-refractivity contribution in [3.8, 4) is 0 Å². The zero-order valence-corrected chi connectivity index (χ0v) is 24.1. The Kier molecular flexibility index (Phi) is 8.76. The molecule has 3 atom stereocenters. The SMILES string of the molecule is COCCOC(=O)OC1=C2C(=O)N([C@H](C)C(F)(F)F)CN([C@@H]3c4ccccc4SCc4c(Cl)cccc43)N2C=CC1O.